The second-order valence-corrected chi connectivity index (χ2v) is 6.07. The van der Waals surface area contributed by atoms with Gasteiger partial charge in [-0.2, -0.15) is 5.10 Å². The van der Waals surface area contributed by atoms with E-state index in [2.05, 4.69) is 21.0 Å². The molecule has 1 aromatic carbocycles. The van der Waals surface area contributed by atoms with Gasteiger partial charge in [0.15, 0.2) is 5.69 Å². The van der Waals surface area contributed by atoms with Gasteiger partial charge in [0.1, 0.15) is 5.75 Å². The van der Waals surface area contributed by atoms with Crippen molar-refractivity contribution >= 4 is 21.9 Å². The Morgan fingerprint density at radius 1 is 1.33 bits per heavy atom. The van der Waals surface area contributed by atoms with Crippen molar-refractivity contribution in [2.24, 2.45) is 7.05 Å². The molecule has 0 atom stereocenters. The Hall–Kier alpha value is -1.82. The molecule has 1 heterocycles. The van der Waals surface area contributed by atoms with Crippen LogP contribution < -0.4 is 0 Å². The van der Waals surface area contributed by atoms with Crippen molar-refractivity contribution in [2.45, 2.75) is 25.7 Å². The van der Waals surface area contributed by atoms with Gasteiger partial charge in [-0.3, -0.25) is 4.68 Å². The number of phenolic OH excluding ortho intramolecular Hbond substituents is 1. The number of carboxylic acids is 1. The standard InChI is InChI=1S/C15H15BrN2O3/c1-18-12(7-11(17-18)15(20)21)10-6-8-4-2-3-5-9(8)13(16)14(10)19/h6-7,19H,2-5H2,1H3,(H,20,21). The van der Waals surface area contributed by atoms with E-state index in [4.69, 9.17) is 5.11 Å². The molecule has 0 saturated heterocycles. The summed E-state index contributed by atoms with van der Waals surface area (Å²) in [6.45, 7) is 0. The number of fused-ring (bicyclic) bond motifs is 1. The van der Waals surface area contributed by atoms with Crippen molar-refractivity contribution in [1.82, 2.24) is 9.78 Å². The highest BCUT2D eigenvalue weighted by Gasteiger charge is 2.22. The first-order valence-electron chi connectivity index (χ1n) is 6.80. The first-order valence-corrected chi connectivity index (χ1v) is 7.59. The van der Waals surface area contributed by atoms with Crippen molar-refractivity contribution in [3.05, 3.63) is 33.4 Å². The van der Waals surface area contributed by atoms with Crippen LogP contribution in [0.5, 0.6) is 5.75 Å². The van der Waals surface area contributed by atoms with Gasteiger partial charge in [-0.25, -0.2) is 4.79 Å². The molecule has 6 heteroatoms. The van der Waals surface area contributed by atoms with E-state index in [0.29, 0.717) is 15.7 Å². The van der Waals surface area contributed by atoms with Crippen LogP contribution in [0.4, 0.5) is 0 Å². The van der Waals surface area contributed by atoms with Crippen molar-refractivity contribution in [1.29, 1.82) is 0 Å². The molecule has 21 heavy (non-hydrogen) atoms. The number of phenols is 1. The molecule has 110 valence electrons. The lowest BCUT2D eigenvalue weighted by Crippen LogP contribution is -2.05. The molecule has 1 aliphatic rings. The van der Waals surface area contributed by atoms with Crippen LogP contribution in [0.25, 0.3) is 11.3 Å². The van der Waals surface area contributed by atoms with E-state index in [9.17, 15) is 9.90 Å². The highest BCUT2D eigenvalue weighted by Crippen LogP contribution is 2.42. The lowest BCUT2D eigenvalue weighted by Gasteiger charge is -2.20. The van der Waals surface area contributed by atoms with Crippen LogP contribution in [0.2, 0.25) is 0 Å². The van der Waals surface area contributed by atoms with Crippen LogP contribution >= 0.6 is 15.9 Å². The molecule has 0 spiro atoms. The molecule has 0 unspecified atom stereocenters. The smallest absolute Gasteiger partial charge is 0.356 e. The minimum absolute atomic E-state index is 0.0271. The van der Waals surface area contributed by atoms with Crippen molar-refractivity contribution in [2.75, 3.05) is 0 Å². The molecule has 0 fully saturated rings. The Morgan fingerprint density at radius 3 is 2.71 bits per heavy atom. The van der Waals surface area contributed by atoms with E-state index in [1.54, 1.807) is 7.05 Å². The minimum Gasteiger partial charge on any atom is -0.506 e. The van der Waals surface area contributed by atoms with Crippen molar-refractivity contribution in [3.63, 3.8) is 0 Å². The number of aromatic hydroxyl groups is 1. The van der Waals surface area contributed by atoms with Gasteiger partial charge in [0.05, 0.1) is 10.2 Å². The number of hydrogen-bond acceptors (Lipinski definition) is 3. The van der Waals surface area contributed by atoms with Gasteiger partial charge in [0, 0.05) is 12.6 Å². The quantitative estimate of drug-likeness (QED) is 0.872. The predicted molar refractivity (Wildman–Crippen MR) is 81.6 cm³/mol. The zero-order valence-electron chi connectivity index (χ0n) is 11.6. The molecule has 0 radical (unpaired) electrons. The van der Waals surface area contributed by atoms with E-state index in [-0.39, 0.29) is 11.4 Å². The predicted octanol–water partition coefficient (Wildman–Crippen LogP) is 3.13. The van der Waals surface area contributed by atoms with Crippen molar-refractivity contribution < 1.29 is 15.0 Å². The fourth-order valence-electron chi connectivity index (χ4n) is 2.86. The number of aryl methyl sites for hydroxylation is 2. The maximum absolute atomic E-state index is 11.0. The molecular weight excluding hydrogens is 336 g/mol. The highest BCUT2D eigenvalue weighted by atomic mass is 79.9. The topological polar surface area (TPSA) is 75.4 Å². The van der Waals surface area contributed by atoms with E-state index >= 15 is 0 Å². The Kier molecular flexibility index (Phi) is 3.49. The summed E-state index contributed by atoms with van der Waals surface area (Å²) in [6.07, 6.45) is 4.19. The first-order chi connectivity index (χ1) is 9.99. The summed E-state index contributed by atoms with van der Waals surface area (Å²) in [5.41, 5.74) is 3.55. The highest BCUT2D eigenvalue weighted by molar-refractivity contribution is 9.10. The average molecular weight is 351 g/mol. The lowest BCUT2D eigenvalue weighted by atomic mass is 9.89. The Balaban J connectivity index is 2.19. The largest absolute Gasteiger partial charge is 0.506 e. The summed E-state index contributed by atoms with van der Waals surface area (Å²) in [6, 6.07) is 3.44. The second-order valence-electron chi connectivity index (χ2n) is 5.28. The van der Waals surface area contributed by atoms with E-state index in [1.165, 1.54) is 16.3 Å². The third-order valence-corrected chi connectivity index (χ3v) is 4.79. The minimum atomic E-state index is -1.08. The molecule has 0 saturated carbocycles. The maximum atomic E-state index is 11.0. The molecule has 5 nitrogen and oxygen atoms in total. The zero-order valence-corrected chi connectivity index (χ0v) is 13.1. The molecule has 2 N–H and O–H groups in total. The van der Waals surface area contributed by atoms with E-state index in [1.807, 2.05) is 6.07 Å². The number of rotatable bonds is 2. The maximum Gasteiger partial charge on any atom is 0.356 e. The van der Waals surface area contributed by atoms with Crippen LogP contribution in [0.3, 0.4) is 0 Å². The Morgan fingerprint density at radius 2 is 2.05 bits per heavy atom. The number of aromatic carboxylic acids is 1. The van der Waals surface area contributed by atoms with Gasteiger partial charge >= 0.3 is 5.97 Å². The number of nitrogens with zero attached hydrogens (tertiary/aromatic N) is 2. The number of hydrogen-bond donors (Lipinski definition) is 2. The summed E-state index contributed by atoms with van der Waals surface area (Å²) in [5.74, 6) is -0.927. The number of carboxylic acid groups (broad SMARTS) is 1. The van der Waals surface area contributed by atoms with Crippen LogP contribution in [0.15, 0.2) is 16.6 Å². The number of aromatic nitrogens is 2. The molecule has 0 bridgehead atoms. The van der Waals surface area contributed by atoms with Crippen molar-refractivity contribution in [3.8, 4) is 17.0 Å². The summed E-state index contributed by atoms with van der Waals surface area (Å²) in [5, 5.41) is 23.4. The van der Waals surface area contributed by atoms with Crippen LogP contribution in [-0.4, -0.2) is 26.0 Å². The summed E-state index contributed by atoms with van der Waals surface area (Å²) >= 11 is 3.48. The fourth-order valence-corrected chi connectivity index (χ4v) is 3.53. The molecule has 1 aliphatic carbocycles. The number of carbonyl (C=O) groups is 1. The summed E-state index contributed by atoms with van der Waals surface area (Å²) < 4.78 is 2.20. The lowest BCUT2D eigenvalue weighted by molar-refractivity contribution is 0.0689. The second kappa shape index (κ2) is 5.18. The average Bonchev–Trinajstić information content (AvgIpc) is 2.85. The first kappa shape index (κ1) is 14.1. The summed E-state index contributed by atoms with van der Waals surface area (Å²) in [7, 11) is 1.68. The molecule has 0 amide bonds. The van der Waals surface area contributed by atoms with Crippen LogP contribution in [0.1, 0.15) is 34.5 Å². The van der Waals surface area contributed by atoms with Gasteiger partial charge in [0.25, 0.3) is 0 Å². The zero-order chi connectivity index (χ0) is 15.1. The summed E-state index contributed by atoms with van der Waals surface area (Å²) in [4.78, 5) is 11.0. The van der Waals surface area contributed by atoms with E-state index in [0.717, 1.165) is 31.2 Å². The van der Waals surface area contributed by atoms with Gasteiger partial charge in [-0.1, -0.05) is 0 Å². The van der Waals surface area contributed by atoms with Crippen LogP contribution in [0, 0.1) is 0 Å². The van der Waals surface area contributed by atoms with Gasteiger partial charge in [0.2, 0.25) is 0 Å². The fraction of sp³-hybridized carbons (Fsp3) is 0.333. The van der Waals surface area contributed by atoms with Gasteiger partial charge < -0.3 is 10.2 Å². The molecule has 0 aliphatic heterocycles. The molecule has 3 rings (SSSR count). The third-order valence-electron chi connectivity index (χ3n) is 3.93. The third kappa shape index (κ3) is 2.33. The number of halogens is 1. The van der Waals surface area contributed by atoms with Crippen LogP contribution in [-0.2, 0) is 19.9 Å². The van der Waals surface area contributed by atoms with Gasteiger partial charge in [-0.15, -0.1) is 0 Å². The SMILES string of the molecule is Cn1nc(C(=O)O)cc1-c1cc2c(c(Br)c1O)CCCC2. The normalized spacial score (nSPS) is 14.0. The Bertz CT molecular complexity index is 737. The molecule has 1 aromatic heterocycles. The monoisotopic (exact) mass is 350 g/mol. The molecular formula is C15H15BrN2O3. The molecule has 2 aromatic rings. The number of benzene rings is 1. The van der Waals surface area contributed by atoms with E-state index < -0.39 is 5.97 Å². The van der Waals surface area contributed by atoms with Gasteiger partial charge in [-0.05, 0) is 64.9 Å². The Labute approximate surface area is 130 Å².